The van der Waals surface area contributed by atoms with E-state index in [-0.39, 0.29) is 12.5 Å². The van der Waals surface area contributed by atoms with Gasteiger partial charge in [0.15, 0.2) is 0 Å². The van der Waals surface area contributed by atoms with Crippen LogP contribution in [0.3, 0.4) is 0 Å². The molecule has 0 saturated heterocycles. The maximum absolute atomic E-state index is 12.3. The van der Waals surface area contributed by atoms with Crippen LogP contribution >= 0.6 is 0 Å². The molecule has 0 heterocycles. The molecule has 168 valence electrons. The molecule has 0 unspecified atom stereocenters. The van der Waals surface area contributed by atoms with Crippen molar-refractivity contribution >= 4 is 18.0 Å². The molecule has 3 aromatic rings. The minimum atomic E-state index is -1.10. The molecule has 0 aromatic heterocycles. The summed E-state index contributed by atoms with van der Waals surface area (Å²) in [6, 6.07) is 23.2. The molecule has 2 amide bonds. The Morgan fingerprint density at radius 3 is 2.03 bits per heavy atom. The zero-order valence-corrected chi connectivity index (χ0v) is 17.9. The van der Waals surface area contributed by atoms with Crippen molar-refractivity contribution in [3.8, 4) is 11.1 Å². The Morgan fingerprint density at radius 1 is 0.818 bits per heavy atom. The van der Waals surface area contributed by atoms with Crippen LogP contribution in [0.4, 0.5) is 4.79 Å². The number of rotatable bonds is 8. The van der Waals surface area contributed by atoms with Gasteiger partial charge in [0.2, 0.25) is 0 Å². The standard InChI is InChI=1S/C26H24N2O5/c29-24(30)15-28-25(31)18-11-9-17(10-12-18)13-14-27-26(32)33-16-23-21-7-3-1-5-19(21)20-6-2-4-8-22(20)23/h1-12,23H,13-16H2,(H,27,32)(H,28,31)(H,29,30). The van der Waals surface area contributed by atoms with Crippen LogP contribution in [0.15, 0.2) is 72.8 Å². The highest BCUT2D eigenvalue weighted by molar-refractivity contribution is 5.95. The van der Waals surface area contributed by atoms with Crippen LogP contribution < -0.4 is 10.6 Å². The highest BCUT2D eigenvalue weighted by atomic mass is 16.5. The largest absolute Gasteiger partial charge is 0.480 e. The van der Waals surface area contributed by atoms with Crippen LogP contribution in [0, 0.1) is 0 Å². The summed E-state index contributed by atoms with van der Waals surface area (Å²) in [5.74, 6) is -1.53. The Bertz CT molecular complexity index is 1130. The van der Waals surface area contributed by atoms with E-state index in [1.54, 1.807) is 24.3 Å². The van der Waals surface area contributed by atoms with E-state index >= 15 is 0 Å². The van der Waals surface area contributed by atoms with Crippen molar-refractivity contribution < 1.29 is 24.2 Å². The average molecular weight is 444 g/mol. The first-order valence-electron chi connectivity index (χ1n) is 10.7. The summed E-state index contributed by atoms with van der Waals surface area (Å²) in [4.78, 5) is 34.6. The number of aliphatic carboxylic acids is 1. The Labute approximate surface area is 191 Å². The van der Waals surface area contributed by atoms with Crippen molar-refractivity contribution in [1.29, 1.82) is 0 Å². The monoisotopic (exact) mass is 444 g/mol. The Balaban J connectivity index is 1.25. The number of carbonyl (C=O) groups excluding carboxylic acids is 2. The average Bonchev–Trinajstić information content (AvgIpc) is 3.15. The number of ether oxygens (including phenoxy) is 1. The molecule has 0 fully saturated rings. The van der Waals surface area contributed by atoms with Crippen LogP contribution in [0.25, 0.3) is 11.1 Å². The second-order valence-electron chi connectivity index (χ2n) is 7.78. The minimum absolute atomic E-state index is 0.0166. The summed E-state index contributed by atoms with van der Waals surface area (Å²) in [5, 5.41) is 13.7. The summed E-state index contributed by atoms with van der Waals surface area (Å²) in [7, 11) is 0. The lowest BCUT2D eigenvalue weighted by Crippen LogP contribution is -2.29. The van der Waals surface area contributed by atoms with Gasteiger partial charge >= 0.3 is 12.1 Å². The second-order valence-corrected chi connectivity index (χ2v) is 7.78. The van der Waals surface area contributed by atoms with Crippen molar-refractivity contribution in [2.45, 2.75) is 12.3 Å². The smallest absolute Gasteiger partial charge is 0.407 e. The lowest BCUT2D eigenvalue weighted by Gasteiger charge is -2.14. The van der Waals surface area contributed by atoms with Crippen molar-refractivity contribution in [1.82, 2.24) is 10.6 Å². The second kappa shape index (κ2) is 9.99. The van der Waals surface area contributed by atoms with E-state index in [9.17, 15) is 14.4 Å². The summed E-state index contributed by atoms with van der Waals surface area (Å²) in [5.41, 5.74) is 6.01. The molecule has 0 aliphatic heterocycles. The normalized spacial score (nSPS) is 11.9. The van der Waals surface area contributed by atoms with Gasteiger partial charge in [0.05, 0.1) is 0 Å². The fraction of sp³-hybridized carbons (Fsp3) is 0.192. The molecule has 3 aromatic carbocycles. The maximum atomic E-state index is 12.3. The number of hydrogen-bond acceptors (Lipinski definition) is 4. The van der Waals surface area contributed by atoms with Gasteiger partial charge in [-0.05, 0) is 46.4 Å². The van der Waals surface area contributed by atoms with E-state index < -0.39 is 24.5 Å². The third-order valence-electron chi connectivity index (χ3n) is 5.64. The summed E-state index contributed by atoms with van der Waals surface area (Å²) < 4.78 is 5.52. The molecule has 0 radical (unpaired) electrons. The van der Waals surface area contributed by atoms with E-state index in [1.807, 2.05) is 24.3 Å². The Kier molecular flexibility index (Phi) is 6.69. The predicted molar refractivity (Wildman–Crippen MR) is 123 cm³/mol. The molecule has 0 spiro atoms. The highest BCUT2D eigenvalue weighted by Crippen LogP contribution is 2.44. The van der Waals surface area contributed by atoms with Crippen molar-refractivity contribution in [3.63, 3.8) is 0 Å². The van der Waals surface area contributed by atoms with Crippen LogP contribution in [-0.4, -0.2) is 42.8 Å². The van der Waals surface area contributed by atoms with Gasteiger partial charge in [-0.3, -0.25) is 9.59 Å². The third-order valence-corrected chi connectivity index (χ3v) is 5.64. The topological polar surface area (TPSA) is 105 Å². The first kappa shape index (κ1) is 22.1. The third kappa shape index (κ3) is 5.20. The van der Waals surface area contributed by atoms with Gasteiger partial charge in [-0.15, -0.1) is 0 Å². The van der Waals surface area contributed by atoms with Crippen molar-refractivity contribution in [2.75, 3.05) is 19.7 Å². The zero-order chi connectivity index (χ0) is 23.2. The van der Waals surface area contributed by atoms with Gasteiger partial charge in [-0.2, -0.15) is 0 Å². The van der Waals surface area contributed by atoms with Crippen LogP contribution in [0.5, 0.6) is 0 Å². The minimum Gasteiger partial charge on any atom is -0.480 e. The summed E-state index contributed by atoms with van der Waals surface area (Å²) >= 11 is 0. The van der Waals surface area contributed by atoms with Crippen molar-refractivity contribution in [2.24, 2.45) is 0 Å². The first-order valence-corrected chi connectivity index (χ1v) is 10.7. The number of amides is 2. The Hall–Kier alpha value is -4.13. The van der Waals surface area contributed by atoms with E-state index in [1.165, 1.54) is 22.3 Å². The molecule has 0 bridgehead atoms. The maximum Gasteiger partial charge on any atom is 0.407 e. The summed E-state index contributed by atoms with van der Waals surface area (Å²) in [6.45, 7) is 0.228. The molecule has 33 heavy (non-hydrogen) atoms. The molecule has 0 saturated carbocycles. The fourth-order valence-corrected chi connectivity index (χ4v) is 4.04. The quantitative estimate of drug-likeness (QED) is 0.493. The fourth-order valence-electron chi connectivity index (χ4n) is 4.04. The predicted octanol–water partition coefficient (Wildman–Crippen LogP) is 3.58. The highest BCUT2D eigenvalue weighted by Gasteiger charge is 2.28. The van der Waals surface area contributed by atoms with E-state index in [0.29, 0.717) is 18.5 Å². The number of carboxylic acids is 1. The SMILES string of the molecule is O=C(O)CNC(=O)c1ccc(CCNC(=O)OCC2c3ccccc3-c3ccccc32)cc1. The molecule has 0 atom stereocenters. The van der Waals surface area contributed by atoms with E-state index in [2.05, 4.69) is 34.9 Å². The van der Waals surface area contributed by atoms with Crippen LogP contribution in [0.1, 0.15) is 33.0 Å². The number of carbonyl (C=O) groups is 3. The number of benzene rings is 3. The number of alkyl carbamates (subject to hydrolysis) is 1. The molecule has 7 heteroatoms. The van der Waals surface area contributed by atoms with Gasteiger partial charge in [0, 0.05) is 18.0 Å². The molecule has 3 N–H and O–H groups in total. The molecule has 1 aliphatic carbocycles. The zero-order valence-electron chi connectivity index (χ0n) is 17.9. The van der Waals surface area contributed by atoms with Gasteiger partial charge in [-0.1, -0.05) is 60.7 Å². The first-order chi connectivity index (χ1) is 16.0. The number of nitrogens with one attached hydrogen (secondary N) is 2. The number of hydrogen-bond donors (Lipinski definition) is 3. The van der Waals surface area contributed by atoms with Gasteiger partial charge < -0.3 is 20.5 Å². The van der Waals surface area contributed by atoms with E-state index in [0.717, 1.165) is 5.56 Å². The molecule has 1 aliphatic rings. The van der Waals surface area contributed by atoms with Gasteiger partial charge in [0.1, 0.15) is 13.2 Å². The van der Waals surface area contributed by atoms with Crippen molar-refractivity contribution in [3.05, 3.63) is 95.1 Å². The van der Waals surface area contributed by atoms with Gasteiger partial charge in [-0.25, -0.2) is 4.79 Å². The van der Waals surface area contributed by atoms with E-state index in [4.69, 9.17) is 9.84 Å². The number of carboxylic acid groups (broad SMARTS) is 1. The van der Waals surface area contributed by atoms with Crippen LogP contribution in [0.2, 0.25) is 0 Å². The lowest BCUT2D eigenvalue weighted by atomic mass is 9.98. The molecular weight excluding hydrogens is 420 g/mol. The van der Waals surface area contributed by atoms with Gasteiger partial charge in [0.25, 0.3) is 5.91 Å². The summed E-state index contributed by atoms with van der Waals surface area (Å²) in [6.07, 6.45) is 0.0999. The number of fused-ring (bicyclic) bond motifs is 3. The Morgan fingerprint density at radius 2 is 1.42 bits per heavy atom. The lowest BCUT2D eigenvalue weighted by molar-refractivity contribution is -0.135. The molecular formula is C26H24N2O5. The van der Waals surface area contributed by atoms with Crippen LogP contribution in [-0.2, 0) is 16.0 Å². The molecule has 7 nitrogen and oxygen atoms in total. The molecule has 4 rings (SSSR count).